The van der Waals surface area contributed by atoms with Crippen LogP contribution in [-0.4, -0.2) is 22.0 Å². The molecule has 0 bridgehead atoms. The summed E-state index contributed by atoms with van der Waals surface area (Å²) in [5, 5.41) is 0. The molecule has 3 rings (SSSR count). The summed E-state index contributed by atoms with van der Waals surface area (Å²) in [6.07, 6.45) is 4.15. The molecule has 0 spiro atoms. The van der Waals surface area contributed by atoms with Crippen molar-refractivity contribution in [3.05, 3.63) is 41.5 Å². The normalized spacial score (nSPS) is 14.3. The molecule has 0 aromatic carbocycles. The van der Waals surface area contributed by atoms with E-state index in [0.717, 1.165) is 22.9 Å². The van der Waals surface area contributed by atoms with Crippen LogP contribution in [0, 0.1) is 6.92 Å². The average Bonchev–Trinajstić information content (AvgIpc) is 3.27. The van der Waals surface area contributed by atoms with Gasteiger partial charge in [0.1, 0.15) is 17.5 Å². The van der Waals surface area contributed by atoms with E-state index < -0.39 is 0 Å². The maximum absolute atomic E-state index is 6.02. The Morgan fingerprint density at radius 2 is 2.10 bits per heavy atom. The Balaban J connectivity index is 1.88. The van der Waals surface area contributed by atoms with E-state index in [1.807, 2.05) is 32.2 Å². The molecule has 1 fully saturated rings. The first-order valence-corrected chi connectivity index (χ1v) is 6.90. The summed E-state index contributed by atoms with van der Waals surface area (Å²) in [7, 11) is 2.01. The van der Waals surface area contributed by atoms with Crippen molar-refractivity contribution in [3.63, 3.8) is 0 Å². The molecule has 2 N–H and O–H groups in total. The van der Waals surface area contributed by atoms with Crippen molar-refractivity contribution in [1.82, 2.24) is 15.0 Å². The van der Waals surface area contributed by atoms with Crippen molar-refractivity contribution in [2.24, 2.45) is 0 Å². The second-order valence-corrected chi connectivity index (χ2v) is 5.37. The quantitative estimate of drug-likeness (QED) is 0.922. The van der Waals surface area contributed by atoms with E-state index in [1.165, 1.54) is 12.8 Å². The van der Waals surface area contributed by atoms with Crippen molar-refractivity contribution in [2.45, 2.75) is 32.2 Å². The number of nitrogen functional groups attached to an aromatic ring is 1. The van der Waals surface area contributed by atoms with Gasteiger partial charge in [-0.1, -0.05) is 6.07 Å². The Morgan fingerprint density at radius 3 is 2.75 bits per heavy atom. The number of hydrogen-bond acceptors (Lipinski definition) is 5. The van der Waals surface area contributed by atoms with Gasteiger partial charge in [0.25, 0.3) is 0 Å². The first kappa shape index (κ1) is 12.8. The Bertz CT molecular complexity index is 607. The van der Waals surface area contributed by atoms with Gasteiger partial charge >= 0.3 is 0 Å². The molecule has 2 aromatic rings. The highest BCUT2D eigenvalue weighted by Gasteiger charge is 2.28. The lowest BCUT2D eigenvalue weighted by Gasteiger charge is -2.21. The van der Waals surface area contributed by atoms with Crippen LogP contribution < -0.4 is 10.6 Å². The van der Waals surface area contributed by atoms with Crippen LogP contribution in [0.15, 0.2) is 24.4 Å². The molecule has 1 aliphatic carbocycles. The maximum Gasteiger partial charge on any atom is 0.137 e. The molecule has 0 atom stereocenters. The van der Waals surface area contributed by atoms with Gasteiger partial charge in [-0.05, 0) is 31.9 Å². The molecule has 20 heavy (non-hydrogen) atoms. The first-order chi connectivity index (χ1) is 9.65. The third-order valence-electron chi connectivity index (χ3n) is 3.60. The van der Waals surface area contributed by atoms with Gasteiger partial charge in [0, 0.05) is 24.7 Å². The topological polar surface area (TPSA) is 67.9 Å². The van der Waals surface area contributed by atoms with Crippen molar-refractivity contribution in [2.75, 3.05) is 17.7 Å². The van der Waals surface area contributed by atoms with Crippen LogP contribution in [0.4, 0.5) is 11.6 Å². The summed E-state index contributed by atoms with van der Waals surface area (Å²) >= 11 is 0. The van der Waals surface area contributed by atoms with E-state index in [9.17, 15) is 0 Å². The molecule has 2 heterocycles. The number of nitrogens with zero attached hydrogens (tertiary/aromatic N) is 4. The summed E-state index contributed by atoms with van der Waals surface area (Å²) in [6.45, 7) is 2.68. The highest BCUT2D eigenvalue weighted by atomic mass is 15.2. The lowest BCUT2D eigenvalue weighted by atomic mass is 10.2. The van der Waals surface area contributed by atoms with Crippen LogP contribution in [-0.2, 0) is 6.54 Å². The molecule has 1 saturated carbocycles. The number of anilines is 2. The summed E-state index contributed by atoms with van der Waals surface area (Å²) in [4.78, 5) is 15.5. The second kappa shape index (κ2) is 5.07. The lowest BCUT2D eigenvalue weighted by molar-refractivity contribution is 0.831. The van der Waals surface area contributed by atoms with Crippen molar-refractivity contribution in [3.8, 4) is 0 Å². The fraction of sp³-hybridized carbons (Fsp3) is 0.400. The first-order valence-electron chi connectivity index (χ1n) is 6.90. The second-order valence-electron chi connectivity index (χ2n) is 5.37. The Labute approximate surface area is 118 Å². The number of nitrogens with two attached hydrogens (primary N) is 1. The lowest BCUT2D eigenvalue weighted by Crippen LogP contribution is -2.21. The number of rotatable bonds is 4. The number of pyridine rings is 1. The predicted molar refractivity (Wildman–Crippen MR) is 79.5 cm³/mol. The summed E-state index contributed by atoms with van der Waals surface area (Å²) in [5.74, 6) is 2.88. The molecule has 2 aromatic heterocycles. The van der Waals surface area contributed by atoms with Gasteiger partial charge in [-0.15, -0.1) is 0 Å². The van der Waals surface area contributed by atoms with E-state index in [-0.39, 0.29) is 0 Å². The Morgan fingerprint density at radius 1 is 1.30 bits per heavy atom. The maximum atomic E-state index is 6.02. The van der Waals surface area contributed by atoms with E-state index in [1.54, 1.807) is 6.20 Å². The molecule has 0 amide bonds. The minimum absolute atomic E-state index is 0.500. The van der Waals surface area contributed by atoms with Crippen molar-refractivity contribution in [1.29, 1.82) is 0 Å². The van der Waals surface area contributed by atoms with Crippen LogP contribution in [0.5, 0.6) is 0 Å². The molecule has 1 aliphatic rings. The minimum Gasteiger partial charge on any atom is -0.383 e. The monoisotopic (exact) mass is 269 g/mol. The number of hydrogen-bond donors (Lipinski definition) is 1. The Kier molecular flexibility index (Phi) is 3.26. The SMILES string of the molecule is Cc1c(N)nc(C2CC2)nc1N(C)Cc1ccccn1. The average molecular weight is 269 g/mol. The van der Waals surface area contributed by atoms with E-state index >= 15 is 0 Å². The fourth-order valence-electron chi connectivity index (χ4n) is 2.24. The van der Waals surface area contributed by atoms with E-state index in [0.29, 0.717) is 18.3 Å². The fourth-order valence-corrected chi connectivity index (χ4v) is 2.24. The van der Waals surface area contributed by atoms with Crippen molar-refractivity contribution >= 4 is 11.6 Å². The van der Waals surface area contributed by atoms with Gasteiger partial charge in [0.05, 0.1) is 12.2 Å². The summed E-state index contributed by atoms with van der Waals surface area (Å²) in [5.41, 5.74) is 7.98. The van der Waals surface area contributed by atoms with Crippen LogP contribution in [0.3, 0.4) is 0 Å². The predicted octanol–water partition coefficient (Wildman–Crippen LogP) is 2.28. The Hall–Kier alpha value is -2.17. The third kappa shape index (κ3) is 2.57. The van der Waals surface area contributed by atoms with E-state index in [2.05, 4.69) is 14.9 Å². The van der Waals surface area contributed by atoms with Gasteiger partial charge < -0.3 is 10.6 Å². The highest BCUT2D eigenvalue weighted by Crippen LogP contribution is 2.39. The standard InChI is InChI=1S/C15H19N5/c1-10-13(16)18-14(11-6-7-11)19-15(10)20(2)9-12-5-3-4-8-17-12/h3-5,8,11H,6-7,9H2,1-2H3,(H2,16,18,19). The molecule has 0 aliphatic heterocycles. The molecule has 5 heteroatoms. The zero-order valence-electron chi connectivity index (χ0n) is 11.9. The van der Waals surface area contributed by atoms with E-state index in [4.69, 9.17) is 10.7 Å². The molecular formula is C15H19N5. The minimum atomic E-state index is 0.500. The third-order valence-corrected chi connectivity index (χ3v) is 3.60. The van der Waals surface area contributed by atoms with Gasteiger partial charge in [-0.2, -0.15) is 0 Å². The van der Waals surface area contributed by atoms with Gasteiger partial charge in [0.15, 0.2) is 0 Å². The zero-order valence-corrected chi connectivity index (χ0v) is 11.9. The molecule has 0 radical (unpaired) electrons. The van der Waals surface area contributed by atoms with Gasteiger partial charge in [-0.25, -0.2) is 9.97 Å². The van der Waals surface area contributed by atoms with Gasteiger partial charge in [0.2, 0.25) is 0 Å². The van der Waals surface area contributed by atoms with Crippen molar-refractivity contribution < 1.29 is 0 Å². The van der Waals surface area contributed by atoms with Crippen LogP contribution in [0.25, 0.3) is 0 Å². The largest absolute Gasteiger partial charge is 0.383 e. The molecule has 0 unspecified atom stereocenters. The van der Waals surface area contributed by atoms with Crippen LogP contribution in [0.2, 0.25) is 0 Å². The van der Waals surface area contributed by atoms with Crippen LogP contribution in [0.1, 0.15) is 35.8 Å². The molecule has 5 nitrogen and oxygen atoms in total. The molecular weight excluding hydrogens is 250 g/mol. The molecule has 104 valence electrons. The smallest absolute Gasteiger partial charge is 0.137 e. The zero-order chi connectivity index (χ0) is 14.1. The summed E-state index contributed by atoms with van der Waals surface area (Å²) in [6, 6.07) is 5.92. The van der Waals surface area contributed by atoms with Gasteiger partial charge in [-0.3, -0.25) is 4.98 Å². The number of aromatic nitrogens is 3. The summed E-state index contributed by atoms with van der Waals surface area (Å²) < 4.78 is 0. The highest BCUT2D eigenvalue weighted by molar-refractivity contribution is 5.56. The van der Waals surface area contributed by atoms with Crippen LogP contribution >= 0.6 is 0 Å². The molecule has 0 saturated heterocycles.